The Bertz CT molecular complexity index is 846. The number of halogens is 3. The lowest BCUT2D eigenvalue weighted by molar-refractivity contribution is -0.139. The van der Waals surface area contributed by atoms with E-state index in [-0.39, 0.29) is 31.8 Å². The zero-order valence-electron chi connectivity index (χ0n) is 17.4. The van der Waals surface area contributed by atoms with Gasteiger partial charge in [-0.1, -0.05) is 35.9 Å². The molecule has 0 aliphatic rings. The SMILES string of the molecule is Cc1ccc(CCCOc2ccc(CCC(N)(CO)CO[PH+]=O)cc2C(F)(F)F)cc1. The van der Waals surface area contributed by atoms with Gasteiger partial charge in [0.1, 0.15) is 12.4 Å². The summed E-state index contributed by atoms with van der Waals surface area (Å²) in [7, 11) is -1.02. The fourth-order valence-corrected chi connectivity index (χ4v) is 3.40. The van der Waals surface area contributed by atoms with Gasteiger partial charge in [0.2, 0.25) is 0 Å². The Hall–Kier alpha value is -1.99. The molecule has 0 bridgehead atoms. The zero-order chi connectivity index (χ0) is 22.9. The molecule has 9 heteroatoms. The Balaban J connectivity index is 2.00. The van der Waals surface area contributed by atoms with Gasteiger partial charge in [0.25, 0.3) is 0 Å². The lowest BCUT2D eigenvalue weighted by Gasteiger charge is -2.24. The molecule has 0 aliphatic heterocycles. The second-order valence-corrected chi connectivity index (χ2v) is 8.11. The topological polar surface area (TPSA) is 81.8 Å². The number of aryl methyl sites for hydroxylation is 3. The average molecular weight is 458 g/mol. The first-order valence-corrected chi connectivity index (χ1v) is 10.8. The van der Waals surface area contributed by atoms with E-state index in [0.717, 1.165) is 17.2 Å². The molecule has 5 nitrogen and oxygen atoms in total. The maximum absolute atomic E-state index is 13.5. The third-order valence-electron chi connectivity index (χ3n) is 4.98. The van der Waals surface area contributed by atoms with Crippen LogP contribution in [-0.4, -0.2) is 30.5 Å². The number of aliphatic hydroxyl groups is 1. The smallest absolute Gasteiger partial charge is 0.493 e. The summed E-state index contributed by atoms with van der Waals surface area (Å²) in [6.07, 6.45) is -2.90. The molecule has 0 aromatic heterocycles. The van der Waals surface area contributed by atoms with Crippen LogP contribution in [0.1, 0.15) is 35.1 Å². The Morgan fingerprint density at radius 1 is 1.06 bits per heavy atom. The highest BCUT2D eigenvalue weighted by atomic mass is 31.1. The Labute approximate surface area is 181 Å². The zero-order valence-corrected chi connectivity index (χ0v) is 18.4. The van der Waals surface area contributed by atoms with E-state index in [0.29, 0.717) is 18.4 Å². The van der Waals surface area contributed by atoms with Crippen LogP contribution < -0.4 is 10.5 Å². The minimum absolute atomic E-state index is 0.153. The van der Waals surface area contributed by atoms with Crippen LogP contribution >= 0.6 is 8.69 Å². The molecular formula is C22H28F3NO4P+. The third kappa shape index (κ3) is 8.22. The van der Waals surface area contributed by atoms with E-state index in [4.69, 9.17) is 15.0 Å². The third-order valence-corrected chi connectivity index (χ3v) is 5.24. The second kappa shape index (κ2) is 11.6. The molecule has 0 radical (unpaired) electrons. The quantitative estimate of drug-likeness (QED) is 0.359. The standard InChI is InChI=1S/C22H28F3NO4P/c1-16-4-6-17(7-5-16)3-2-12-29-20-9-8-18(13-19(20)22(23,24)25)10-11-21(26,14-27)15-30-31-28/h4-9,13,27,31H,2-3,10-12,14-15,26H2,1H3/q+1. The van der Waals surface area contributed by atoms with Crippen molar-refractivity contribution in [1.29, 1.82) is 0 Å². The first-order chi connectivity index (χ1) is 14.7. The van der Waals surface area contributed by atoms with Crippen molar-refractivity contribution in [3.63, 3.8) is 0 Å². The van der Waals surface area contributed by atoms with E-state index in [1.165, 1.54) is 6.07 Å². The minimum atomic E-state index is -4.56. The lowest BCUT2D eigenvalue weighted by Crippen LogP contribution is -2.47. The molecule has 2 aromatic rings. The van der Waals surface area contributed by atoms with Gasteiger partial charge < -0.3 is 15.6 Å². The number of rotatable bonds is 12. The van der Waals surface area contributed by atoms with Gasteiger partial charge in [0, 0.05) is 0 Å². The largest absolute Gasteiger partial charge is 0.494 e. The summed E-state index contributed by atoms with van der Waals surface area (Å²) in [4.78, 5) is 0. The van der Waals surface area contributed by atoms with Crippen LogP contribution in [0.2, 0.25) is 0 Å². The highest BCUT2D eigenvalue weighted by molar-refractivity contribution is 7.17. The summed E-state index contributed by atoms with van der Waals surface area (Å²) in [5.74, 6) is -0.211. The Kier molecular flexibility index (Phi) is 9.44. The normalized spacial score (nSPS) is 13.9. The van der Waals surface area contributed by atoms with E-state index in [2.05, 4.69) is 0 Å². The summed E-state index contributed by atoms with van der Waals surface area (Å²) in [6.45, 7) is 1.57. The number of benzene rings is 2. The fourth-order valence-electron chi connectivity index (χ4n) is 3.06. The van der Waals surface area contributed by atoms with Crippen LogP contribution in [0.4, 0.5) is 13.2 Å². The molecule has 2 atom stereocenters. The molecule has 2 unspecified atom stereocenters. The molecule has 0 saturated heterocycles. The van der Waals surface area contributed by atoms with Gasteiger partial charge in [-0.15, -0.1) is 4.52 Å². The molecule has 0 fully saturated rings. The van der Waals surface area contributed by atoms with Gasteiger partial charge in [-0.05, 0) is 60.4 Å². The summed E-state index contributed by atoms with van der Waals surface area (Å²) in [6, 6.07) is 11.9. The van der Waals surface area contributed by atoms with Crippen molar-refractivity contribution >= 4 is 8.69 Å². The molecule has 0 heterocycles. The predicted molar refractivity (Wildman–Crippen MR) is 114 cm³/mol. The molecule has 31 heavy (non-hydrogen) atoms. The van der Waals surface area contributed by atoms with Crippen molar-refractivity contribution in [2.75, 3.05) is 19.8 Å². The van der Waals surface area contributed by atoms with Crippen LogP contribution in [0.5, 0.6) is 5.75 Å². The van der Waals surface area contributed by atoms with E-state index in [9.17, 15) is 22.8 Å². The molecule has 0 amide bonds. The van der Waals surface area contributed by atoms with Gasteiger partial charge in [-0.2, -0.15) is 13.2 Å². The van der Waals surface area contributed by atoms with E-state index in [1.54, 1.807) is 6.07 Å². The van der Waals surface area contributed by atoms with Crippen molar-refractivity contribution in [2.24, 2.45) is 5.73 Å². The monoisotopic (exact) mass is 458 g/mol. The number of hydrogen-bond donors (Lipinski definition) is 2. The number of hydrogen-bond acceptors (Lipinski definition) is 5. The molecule has 0 saturated carbocycles. The van der Waals surface area contributed by atoms with Crippen molar-refractivity contribution in [3.05, 3.63) is 64.7 Å². The molecule has 2 rings (SSSR count). The highest BCUT2D eigenvalue weighted by Crippen LogP contribution is 2.37. The number of alkyl halides is 3. The van der Waals surface area contributed by atoms with Gasteiger partial charge >= 0.3 is 14.9 Å². The van der Waals surface area contributed by atoms with Gasteiger partial charge in [0.15, 0.2) is 0 Å². The molecule has 2 aromatic carbocycles. The van der Waals surface area contributed by atoms with E-state index in [1.807, 2.05) is 31.2 Å². The predicted octanol–water partition coefficient (Wildman–Crippen LogP) is 4.60. The molecule has 3 N–H and O–H groups in total. The number of nitrogens with two attached hydrogens (primary N) is 1. The maximum atomic E-state index is 13.5. The summed E-state index contributed by atoms with van der Waals surface area (Å²) in [5, 5.41) is 9.43. The number of aliphatic hydroxyl groups excluding tert-OH is 1. The first-order valence-electron chi connectivity index (χ1n) is 9.94. The van der Waals surface area contributed by atoms with Gasteiger partial charge in [0.05, 0.1) is 24.3 Å². The van der Waals surface area contributed by atoms with Crippen molar-refractivity contribution in [3.8, 4) is 5.75 Å². The van der Waals surface area contributed by atoms with Crippen molar-refractivity contribution in [1.82, 2.24) is 0 Å². The Morgan fingerprint density at radius 2 is 1.74 bits per heavy atom. The highest BCUT2D eigenvalue weighted by Gasteiger charge is 2.35. The molecule has 170 valence electrons. The van der Waals surface area contributed by atoms with Crippen LogP contribution in [0.25, 0.3) is 0 Å². The van der Waals surface area contributed by atoms with Gasteiger partial charge in [-0.25, -0.2) is 0 Å². The summed E-state index contributed by atoms with van der Waals surface area (Å²) in [5.41, 5.74) is 6.61. The van der Waals surface area contributed by atoms with Crippen LogP contribution in [0.3, 0.4) is 0 Å². The van der Waals surface area contributed by atoms with Gasteiger partial charge in [-0.3, -0.25) is 0 Å². The maximum Gasteiger partial charge on any atom is 0.494 e. The number of ether oxygens (including phenoxy) is 1. The second-order valence-electron chi connectivity index (χ2n) is 7.66. The summed E-state index contributed by atoms with van der Waals surface area (Å²) >= 11 is 0. The van der Waals surface area contributed by atoms with E-state index < -0.39 is 32.6 Å². The summed E-state index contributed by atoms with van der Waals surface area (Å²) < 4.78 is 61.3. The molecular weight excluding hydrogens is 430 g/mol. The Morgan fingerprint density at radius 3 is 2.35 bits per heavy atom. The van der Waals surface area contributed by atoms with Crippen molar-refractivity contribution in [2.45, 2.75) is 44.3 Å². The first kappa shape index (κ1) is 25.3. The fraction of sp³-hybridized carbons (Fsp3) is 0.455. The van der Waals surface area contributed by atoms with Crippen LogP contribution in [-0.2, 0) is 28.1 Å². The van der Waals surface area contributed by atoms with Crippen LogP contribution in [0, 0.1) is 6.92 Å². The molecule has 0 aliphatic carbocycles. The minimum Gasteiger partial charge on any atom is -0.493 e. The van der Waals surface area contributed by atoms with Crippen molar-refractivity contribution < 1.29 is 32.1 Å². The van der Waals surface area contributed by atoms with E-state index >= 15 is 0 Å². The van der Waals surface area contributed by atoms with Crippen LogP contribution in [0.15, 0.2) is 42.5 Å². The average Bonchev–Trinajstić information content (AvgIpc) is 2.75. The molecule has 0 spiro atoms. The lowest BCUT2D eigenvalue weighted by atomic mass is 9.93.